The van der Waals surface area contributed by atoms with Crippen LogP contribution in [0.3, 0.4) is 0 Å². The molecule has 1 aliphatic heterocycles. The smallest absolute Gasteiger partial charge is 0.163 e. The Hall–Kier alpha value is -3.47. The van der Waals surface area contributed by atoms with E-state index in [1.165, 1.54) is 11.1 Å². The Bertz CT molecular complexity index is 1130. The van der Waals surface area contributed by atoms with Gasteiger partial charge in [0.1, 0.15) is 11.6 Å². The number of fused-ring (bicyclic) bond motifs is 1. The molecule has 0 bridgehead atoms. The van der Waals surface area contributed by atoms with Crippen molar-refractivity contribution in [3.05, 3.63) is 71.7 Å². The van der Waals surface area contributed by atoms with Gasteiger partial charge in [0.15, 0.2) is 5.82 Å². The molecule has 0 saturated carbocycles. The standard InChI is InChI=1S/C23H22N4O/c1-15-7-8-18(12-16(15)2)25-23-20-13-19(28-3)9-10-21(20)26-22(27-23)17-6-4-5-11-24-14-17/h5-14H,4H2,1-3H3,(H,25,26,27). The maximum absolute atomic E-state index is 5.40. The van der Waals surface area contributed by atoms with Crippen molar-refractivity contribution in [2.24, 2.45) is 4.99 Å². The first-order valence-corrected chi connectivity index (χ1v) is 9.23. The number of ether oxygens (including phenoxy) is 1. The number of allylic oxidation sites excluding steroid dienone is 3. The minimum absolute atomic E-state index is 0.649. The lowest BCUT2D eigenvalue weighted by Gasteiger charge is -2.13. The van der Waals surface area contributed by atoms with Gasteiger partial charge in [0.25, 0.3) is 0 Å². The predicted octanol–water partition coefficient (Wildman–Crippen LogP) is 5.37. The van der Waals surface area contributed by atoms with Crippen molar-refractivity contribution in [3.8, 4) is 5.75 Å². The summed E-state index contributed by atoms with van der Waals surface area (Å²) in [6.07, 6.45) is 8.48. The number of methoxy groups -OCH3 is 1. The monoisotopic (exact) mass is 370 g/mol. The molecule has 0 atom stereocenters. The van der Waals surface area contributed by atoms with E-state index in [-0.39, 0.29) is 0 Å². The van der Waals surface area contributed by atoms with Gasteiger partial charge in [0.2, 0.25) is 0 Å². The third-order valence-corrected chi connectivity index (χ3v) is 4.81. The third-order valence-electron chi connectivity index (χ3n) is 4.81. The zero-order valence-electron chi connectivity index (χ0n) is 16.2. The Morgan fingerprint density at radius 3 is 2.71 bits per heavy atom. The highest BCUT2D eigenvalue weighted by Gasteiger charge is 2.12. The molecule has 140 valence electrons. The number of nitrogens with one attached hydrogen (secondary N) is 1. The molecule has 3 aromatic rings. The van der Waals surface area contributed by atoms with Gasteiger partial charge in [0.05, 0.1) is 12.6 Å². The second kappa shape index (κ2) is 7.64. The van der Waals surface area contributed by atoms with E-state index in [0.29, 0.717) is 5.82 Å². The van der Waals surface area contributed by atoms with Crippen LogP contribution in [-0.2, 0) is 0 Å². The van der Waals surface area contributed by atoms with Crippen LogP contribution in [0.4, 0.5) is 11.5 Å². The summed E-state index contributed by atoms with van der Waals surface area (Å²) in [6, 6.07) is 12.1. The highest BCUT2D eigenvalue weighted by molar-refractivity contribution is 6.09. The number of hydrogen-bond acceptors (Lipinski definition) is 5. The molecule has 28 heavy (non-hydrogen) atoms. The van der Waals surface area contributed by atoms with Crippen LogP contribution in [0.2, 0.25) is 0 Å². The van der Waals surface area contributed by atoms with Crippen molar-refractivity contribution >= 4 is 34.2 Å². The number of anilines is 2. The van der Waals surface area contributed by atoms with E-state index in [2.05, 4.69) is 48.4 Å². The molecule has 0 unspecified atom stereocenters. The number of rotatable bonds is 4. The van der Waals surface area contributed by atoms with Crippen molar-refractivity contribution in [1.29, 1.82) is 0 Å². The summed E-state index contributed by atoms with van der Waals surface area (Å²) in [7, 11) is 1.66. The fourth-order valence-electron chi connectivity index (χ4n) is 3.06. The molecule has 0 amide bonds. The number of hydrogen-bond donors (Lipinski definition) is 1. The molecule has 5 heteroatoms. The van der Waals surface area contributed by atoms with Gasteiger partial charge in [-0.25, -0.2) is 9.97 Å². The Labute approximate surface area is 164 Å². The Balaban J connectivity index is 1.85. The Kier molecular flexibility index (Phi) is 4.89. The first-order chi connectivity index (χ1) is 13.6. The molecule has 0 spiro atoms. The van der Waals surface area contributed by atoms with E-state index in [9.17, 15) is 0 Å². The summed E-state index contributed by atoms with van der Waals surface area (Å²) in [5.74, 6) is 2.16. The summed E-state index contributed by atoms with van der Waals surface area (Å²) in [5, 5.41) is 4.38. The molecule has 1 aromatic heterocycles. The molecule has 2 heterocycles. The maximum atomic E-state index is 5.40. The van der Waals surface area contributed by atoms with E-state index < -0.39 is 0 Å². The molecule has 0 fully saturated rings. The first kappa shape index (κ1) is 17.9. The van der Waals surface area contributed by atoms with Crippen LogP contribution in [-0.4, -0.2) is 23.3 Å². The second-order valence-corrected chi connectivity index (χ2v) is 6.76. The Morgan fingerprint density at radius 2 is 1.89 bits per heavy atom. The van der Waals surface area contributed by atoms with Gasteiger partial charge in [0, 0.05) is 29.1 Å². The van der Waals surface area contributed by atoms with Gasteiger partial charge < -0.3 is 10.1 Å². The molecule has 0 radical (unpaired) electrons. The summed E-state index contributed by atoms with van der Waals surface area (Å²) >= 11 is 0. The predicted molar refractivity (Wildman–Crippen MR) is 116 cm³/mol. The first-order valence-electron chi connectivity index (χ1n) is 9.23. The maximum Gasteiger partial charge on any atom is 0.163 e. The Morgan fingerprint density at radius 1 is 1.00 bits per heavy atom. The largest absolute Gasteiger partial charge is 0.497 e. The fraction of sp³-hybridized carbons (Fsp3) is 0.174. The highest BCUT2D eigenvalue weighted by Crippen LogP contribution is 2.29. The molecule has 1 aliphatic rings. The van der Waals surface area contributed by atoms with Crippen LogP contribution in [0.1, 0.15) is 23.4 Å². The number of aliphatic imine (C=N–C) groups is 1. The normalized spacial score (nSPS) is 13.3. The quantitative estimate of drug-likeness (QED) is 0.671. The van der Waals surface area contributed by atoms with E-state index in [1.807, 2.05) is 24.3 Å². The summed E-state index contributed by atoms with van der Waals surface area (Å²) < 4.78 is 5.40. The van der Waals surface area contributed by atoms with Gasteiger partial charge in [-0.1, -0.05) is 18.2 Å². The SMILES string of the molecule is COc1ccc2nc(C3=CCC=CN=C3)nc(Nc3ccc(C)c(C)c3)c2c1. The number of nitrogens with zero attached hydrogens (tertiary/aromatic N) is 3. The van der Waals surface area contributed by atoms with E-state index >= 15 is 0 Å². The lowest BCUT2D eigenvalue weighted by Crippen LogP contribution is -2.03. The molecular weight excluding hydrogens is 348 g/mol. The molecule has 1 N–H and O–H groups in total. The van der Waals surface area contributed by atoms with E-state index in [1.54, 1.807) is 19.5 Å². The second-order valence-electron chi connectivity index (χ2n) is 6.76. The highest BCUT2D eigenvalue weighted by atomic mass is 16.5. The lowest BCUT2D eigenvalue weighted by molar-refractivity contribution is 0.415. The van der Waals surface area contributed by atoms with E-state index in [0.717, 1.165) is 40.2 Å². The average Bonchev–Trinajstić information content (AvgIpc) is 3.00. The minimum atomic E-state index is 0.649. The number of aromatic nitrogens is 2. The van der Waals surface area contributed by atoms with Crippen molar-refractivity contribution in [1.82, 2.24) is 9.97 Å². The number of aryl methyl sites for hydroxylation is 2. The topological polar surface area (TPSA) is 59.4 Å². The van der Waals surface area contributed by atoms with Gasteiger partial charge in [-0.15, -0.1) is 0 Å². The zero-order chi connectivity index (χ0) is 19.5. The van der Waals surface area contributed by atoms with Crippen LogP contribution in [0.15, 0.2) is 59.7 Å². The van der Waals surface area contributed by atoms with Crippen molar-refractivity contribution in [2.45, 2.75) is 20.3 Å². The minimum Gasteiger partial charge on any atom is -0.497 e. The van der Waals surface area contributed by atoms with Crippen LogP contribution in [0.25, 0.3) is 16.5 Å². The third kappa shape index (κ3) is 3.64. The number of benzene rings is 2. The van der Waals surface area contributed by atoms with Crippen molar-refractivity contribution < 1.29 is 4.74 Å². The van der Waals surface area contributed by atoms with Crippen LogP contribution in [0.5, 0.6) is 5.75 Å². The van der Waals surface area contributed by atoms with Crippen LogP contribution < -0.4 is 10.1 Å². The van der Waals surface area contributed by atoms with Crippen molar-refractivity contribution in [3.63, 3.8) is 0 Å². The summed E-state index contributed by atoms with van der Waals surface area (Å²) in [4.78, 5) is 13.9. The average molecular weight is 370 g/mol. The van der Waals surface area contributed by atoms with Crippen molar-refractivity contribution in [2.75, 3.05) is 12.4 Å². The molecular formula is C23H22N4O. The molecule has 2 aromatic carbocycles. The van der Waals surface area contributed by atoms with Crippen LogP contribution >= 0.6 is 0 Å². The molecule has 4 rings (SSSR count). The summed E-state index contributed by atoms with van der Waals surface area (Å²) in [5.41, 5.74) is 5.23. The fourth-order valence-corrected chi connectivity index (χ4v) is 3.06. The van der Waals surface area contributed by atoms with Crippen LogP contribution in [0, 0.1) is 13.8 Å². The lowest BCUT2D eigenvalue weighted by atomic mass is 10.1. The molecule has 0 saturated heterocycles. The van der Waals surface area contributed by atoms with E-state index in [4.69, 9.17) is 14.7 Å². The summed E-state index contributed by atoms with van der Waals surface area (Å²) in [6.45, 7) is 4.21. The molecule has 0 aliphatic carbocycles. The van der Waals surface area contributed by atoms with Gasteiger partial charge in [-0.05, 0) is 61.7 Å². The molecule has 5 nitrogen and oxygen atoms in total. The van der Waals surface area contributed by atoms with Gasteiger partial charge in [-0.3, -0.25) is 4.99 Å². The van der Waals surface area contributed by atoms with Gasteiger partial charge in [-0.2, -0.15) is 0 Å². The zero-order valence-corrected chi connectivity index (χ0v) is 16.2. The van der Waals surface area contributed by atoms with Gasteiger partial charge >= 0.3 is 0 Å².